The molecule has 0 spiro atoms. The second-order valence-corrected chi connectivity index (χ2v) is 6.81. The molecule has 7 nitrogen and oxygen atoms in total. The average Bonchev–Trinajstić information content (AvgIpc) is 3.14. The van der Waals surface area contributed by atoms with E-state index in [1.54, 1.807) is 25.1 Å². The van der Waals surface area contributed by atoms with Crippen molar-refractivity contribution < 1.29 is 14.1 Å². The van der Waals surface area contributed by atoms with Crippen molar-refractivity contribution in [1.29, 1.82) is 0 Å². The van der Waals surface area contributed by atoms with Gasteiger partial charge in [-0.05, 0) is 31.5 Å². The number of ether oxygens (including phenoxy) is 1. The summed E-state index contributed by atoms with van der Waals surface area (Å²) in [7, 11) is 0. The number of benzene rings is 2. The molecule has 4 rings (SSSR count). The third kappa shape index (κ3) is 3.90. The second kappa shape index (κ2) is 7.89. The fourth-order valence-corrected chi connectivity index (χ4v) is 3.06. The van der Waals surface area contributed by atoms with Gasteiger partial charge >= 0.3 is 0 Å². The van der Waals surface area contributed by atoms with Crippen molar-refractivity contribution in [2.75, 3.05) is 11.9 Å². The van der Waals surface area contributed by atoms with Crippen LogP contribution < -0.4 is 10.1 Å². The standard InChI is InChI=1S/C21H17ClN4O3/c1-12-15(22)9-6-10-16(12)25-17(27)11-28-20-18-19(14-7-4-3-5-8-14)26-29-21(18)24-13(2)23-20/h3-10H,11H2,1-2H3,(H,25,27). The van der Waals surface area contributed by atoms with Crippen molar-refractivity contribution in [1.82, 2.24) is 15.1 Å². The first kappa shape index (κ1) is 18.9. The summed E-state index contributed by atoms with van der Waals surface area (Å²) in [6.07, 6.45) is 0. The predicted molar refractivity (Wildman–Crippen MR) is 110 cm³/mol. The Morgan fingerprint density at radius 3 is 2.69 bits per heavy atom. The molecule has 8 heteroatoms. The van der Waals surface area contributed by atoms with E-state index in [2.05, 4.69) is 20.4 Å². The van der Waals surface area contributed by atoms with Gasteiger partial charge in [-0.2, -0.15) is 9.97 Å². The van der Waals surface area contributed by atoms with Gasteiger partial charge in [0, 0.05) is 16.3 Å². The van der Waals surface area contributed by atoms with Crippen molar-refractivity contribution in [2.45, 2.75) is 13.8 Å². The SMILES string of the molecule is Cc1nc(OCC(=O)Nc2cccc(Cl)c2C)c2c(-c3ccccc3)noc2n1. The summed E-state index contributed by atoms with van der Waals surface area (Å²) in [5.41, 5.74) is 3.11. The van der Waals surface area contributed by atoms with E-state index in [0.717, 1.165) is 11.1 Å². The van der Waals surface area contributed by atoms with E-state index < -0.39 is 0 Å². The fourth-order valence-electron chi connectivity index (χ4n) is 2.89. The Morgan fingerprint density at radius 2 is 1.90 bits per heavy atom. The predicted octanol–water partition coefficient (Wildman–Crippen LogP) is 4.57. The maximum atomic E-state index is 12.4. The number of anilines is 1. The number of hydrogen-bond acceptors (Lipinski definition) is 6. The van der Waals surface area contributed by atoms with Crippen LogP contribution in [0.4, 0.5) is 5.69 Å². The third-order valence-corrected chi connectivity index (χ3v) is 4.75. The van der Waals surface area contributed by atoms with Gasteiger partial charge in [-0.25, -0.2) is 0 Å². The van der Waals surface area contributed by atoms with Gasteiger partial charge in [-0.15, -0.1) is 0 Å². The number of halogens is 1. The molecule has 4 aromatic rings. The highest BCUT2D eigenvalue weighted by atomic mass is 35.5. The first-order valence-electron chi connectivity index (χ1n) is 8.90. The molecule has 2 aromatic heterocycles. The molecule has 0 saturated carbocycles. The lowest BCUT2D eigenvalue weighted by atomic mass is 10.1. The van der Waals surface area contributed by atoms with Gasteiger partial charge in [0.2, 0.25) is 5.88 Å². The monoisotopic (exact) mass is 408 g/mol. The Balaban J connectivity index is 1.60. The Hall–Kier alpha value is -3.45. The number of hydrogen-bond donors (Lipinski definition) is 1. The highest BCUT2D eigenvalue weighted by molar-refractivity contribution is 6.31. The lowest BCUT2D eigenvalue weighted by Crippen LogP contribution is -2.21. The molecule has 1 amide bonds. The van der Waals surface area contributed by atoms with Crippen LogP contribution in [0.15, 0.2) is 53.1 Å². The van der Waals surface area contributed by atoms with E-state index in [9.17, 15) is 4.79 Å². The van der Waals surface area contributed by atoms with E-state index >= 15 is 0 Å². The molecule has 2 heterocycles. The number of rotatable bonds is 5. The number of nitrogens with one attached hydrogen (secondary N) is 1. The topological polar surface area (TPSA) is 90.1 Å². The lowest BCUT2D eigenvalue weighted by molar-refractivity contribution is -0.118. The Bertz CT molecular complexity index is 1190. The second-order valence-electron chi connectivity index (χ2n) is 6.40. The Kier molecular flexibility index (Phi) is 5.14. The van der Waals surface area contributed by atoms with Crippen molar-refractivity contribution >= 4 is 34.3 Å². The Morgan fingerprint density at radius 1 is 1.10 bits per heavy atom. The van der Waals surface area contributed by atoms with Crippen molar-refractivity contribution in [3.05, 3.63) is 64.9 Å². The van der Waals surface area contributed by atoms with Gasteiger partial charge < -0.3 is 14.6 Å². The maximum Gasteiger partial charge on any atom is 0.265 e. The van der Waals surface area contributed by atoms with Crippen LogP contribution in [-0.2, 0) is 4.79 Å². The molecule has 0 aliphatic carbocycles. The zero-order valence-corrected chi connectivity index (χ0v) is 16.5. The van der Waals surface area contributed by atoms with Crippen LogP contribution in [0.1, 0.15) is 11.4 Å². The maximum absolute atomic E-state index is 12.4. The molecule has 146 valence electrons. The number of carbonyl (C=O) groups excluding carboxylic acids is 1. The van der Waals surface area contributed by atoms with E-state index in [1.165, 1.54) is 0 Å². The van der Waals surface area contributed by atoms with Crippen LogP contribution in [0.3, 0.4) is 0 Å². The van der Waals surface area contributed by atoms with Gasteiger partial charge in [0.05, 0.1) is 0 Å². The Labute approximate surface area is 171 Å². The van der Waals surface area contributed by atoms with Crippen LogP contribution >= 0.6 is 11.6 Å². The van der Waals surface area contributed by atoms with E-state index in [4.69, 9.17) is 20.9 Å². The lowest BCUT2D eigenvalue weighted by Gasteiger charge is -2.11. The number of nitrogens with zero attached hydrogens (tertiary/aromatic N) is 3. The highest BCUT2D eigenvalue weighted by Crippen LogP contribution is 2.33. The first-order valence-corrected chi connectivity index (χ1v) is 9.28. The smallest absolute Gasteiger partial charge is 0.265 e. The summed E-state index contributed by atoms with van der Waals surface area (Å²) in [4.78, 5) is 21.0. The van der Waals surface area contributed by atoms with E-state index in [0.29, 0.717) is 33.3 Å². The highest BCUT2D eigenvalue weighted by Gasteiger charge is 2.20. The molecule has 0 aliphatic heterocycles. The van der Waals surface area contributed by atoms with Crippen LogP contribution in [0.2, 0.25) is 5.02 Å². The molecule has 0 fully saturated rings. The molecule has 0 unspecified atom stereocenters. The summed E-state index contributed by atoms with van der Waals surface area (Å²) in [5, 5.41) is 8.00. The van der Waals surface area contributed by atoms with Gasteiger partial charge in [-0.3, -0.25) is 4.79 Å². The van der Waals surface area contributed by atoms with Gasteiger partial charge in [-0.1, -0.05) is 53.2 Å². The van der Waals surface area contributed by atoms with Crippen molar-refractivity contribution in [2.24, 2.45) is 0 Å². The van der Waals surface area contributed by atoms with E-state index in [-0.39, 0.29) is 18.4 Å². The average molecular weight is 409 g/mol. The van der Waals surface area contributed by atoms with E-state index in [1.807, 2.05) is 37.3 Å². The zero-order valence-electron chi connectivity index (χ0n) is 15.8. The van der Waals surface area contributed by atoms with Crippen LogP contribution in [0.25, 0.3) is 22.4 Å². The van der Waals surface area contributed by atoms with Gasteiger partial charge in [0.15, 0.2) is 6.61 Å². The molecule has 1 N–H and O–H groups in total. The summed E-state index contributed by atoms with van der Waals surface area (Å²) in [6.45, 7) is 3.31. The number of amides is 1. The first-order chi connectivity index (χ1) is 14.0. The normalized spacial score (nSPS) is 10.9. The minimum Gasteiger partial charge on any atom is -0.467 e. The molecule has 0 saturated heterocycles. The molecule has 0 bridgehead atoms. The summed E-state index contributed by atoms with van der Waals surface area (Å²) in [5.74, 6) is 0.359. The van der Waals surface area contributed by atoms with Crippen molar-refractivity contribution in [3.63, 3.8) is 0 Å². The molecule has 0 atom stereocenters. The van der Waals surface area contributed by atoms with Crippen LogP contribution in [0, 0.1) is 13.8 Å². The van der Waals surface area contributed by atoms with Crippen molar-refractivity contribution in [3.8, 4) is 17.1 Å². The minimum absolute atomic E-state index is 0.239. The molecule has 0 aliphatic rings. The number of aryl methyl sites for hydroxylation is 1. The molecular weight excluding hydrogens is 392 g/mol. The van der Waals surface area contributed by atoms with Gasteiger partial charge in [0.25, 0.3) is 11.6 Å². The number of aromatic nitrogens is 3. The number of carbonyl (C=O) groups is 1. The molecule has 2 aromatic carbocycles. The number of fused-ring (bicyclic) bond motifs is 1. The van der Waals surface area contributed by atoms with Crippen LogP contribution in [-0.4, -0.2) is 27.6 Å². The molecule has 29 heavy (non-hydrogen) atoms. The summed E-state index contributed by atoms with van der Waals surface area (Å²) in [6, 6.07) is 14.8. The molecule has 0 radical (unpaired) electrons. The van der Waals surface area contributed by atoms with Crippen LogP contribution in [0.5, 0.6) is 5.88 Å². The molecular formula is C21H17ClN4O3. The third-order valence-electron chi connectivity index (χ3n) is 4.34. The summed E-state index contributed by atoms with van der Waals surface area (Å²) < 4.78 is 11.1. The largest absolute Gasteiger partial charge is 0.467 e. The quantitative estimate of drug-likeness (QED) is 0.520. The summed E-state index contributed by atoms with van der Waals surface area (Å²) >= 11 is 6.10. The fraction of sp³-hybridized carbons (Fsp3) is 0.143. The van der Waals surface area contributed by atoms with Gasteiger partial charge in [0.1, 0.15) is 16.9 Å². The minimum atomic E-state index is -0.336. The zero-order chi connectivity index (χ0) is 20.4.